The van der Waals surface area contributed by atoms with Crippen LogP contribution in [-0.2, 0) is 5.88 Å². The van der Waals surface area contributed by atoms with Crippen LogP contribution in [0.3, 0.4) is 0 Å². The molecule has 1 aromatic carbocycles. The number of alkyl halides is 1. The Morgan fingerprint density at radius 1 is 1.33 bits per heavy atom. The Hall–Kier alpha value is -0.730. The second-order valence-corrected chi connectivity index (χ2v) is 2.46. The third-order valence-electron chi connectivity index (χ3n) is 0.997. The monoisotopic (exact) mass is 206 g/mol. The molecule has 0 atom stereocenters. The van der Waals surface area contributed by atoms with Crippen molar-refractivity contribution >= 4 is 28.6 Å². The van der Waals surface area contributed by atoms with Crippen molar-refractivity contribution in [1.29, 1.82) is 0 Å². The molecule has 0 heterocycles. The average Bonchev–Trinajstić information content (AvgIpc) is 2.05. The summed E-state index contributed by atoms with van der Waals surface area (Å²) >= 11 is 9.72. The molecule has 1 N–H and O–H groups in total. The molecule has 2 nitrogen and oxygen atoms in total. The fraction of sp³-hybridized carbons (Fsp3) is 0.125. The van der Waals surface area contributed by atoms with Gasteiger partial charge in [-0.1, -0.05) is 30.3 Å². The summed E-state index contributed by atoms with van der Waals surface area (Å²) in [5.74, 6) is 0.612. The average molecular weight is 207 g/mol. The van der Waals surface area contributed by atoms with Gasteiger partial charge in [0.15, 0.2) is 0 Å². The zero-order valence-electron chi connectivity index (χ0n) is 6.21. The van der Waals surface area contributed by atoms with Crippen LogP contribution < -0.4 is 0 Å². The molecule has 0 aliphatic carbocycles. The number of hydrogen-bond donors (Lipinski definition) is 1. The Kier molecular flexibility index (Phi) is 6.53. The normalized spacial score (nSPS) is 8.17. The quantitative estimate of drug-likeness (QED) is 0.566. The van der Waals surface area contributed by atoms with Crippen molar-refractivity contribution in [2.24, 2.45) is 0 Å². The summed E-state index contributed by atoms with van der Waals surface area (Å²) in [5.41, 5.74) is -0.186. The highest BCUT2D eigenvalue weighted by Gasteiger charge is 1.81. The minimum Gasteiger partial charge on any atom is -0.469 e. The fourth-order valence-electron chi connectivity index (χ4n) is 0.567. The number of hydrogen-bond acceptors (Lipinski definition) is 1. The van der Waals surface area contributed by atoms with Crippen molar-refractivity contribution < 1.29 is 9.90 Å². The molecule has 0 saturated heterocycles. The van der Waals surface area contributed by atoms with Gasteiger partial charge in [0, 0.05) is 17.5 Å². The third-order valence-corrected chi connectivity index (χ3v) is 1.31. The highest BCUT2D eigenvalue weighted by molar-refractivity contribution is 6.60. The van der Waals surface area contributed by atoms with Crippen LogP contribution in [0.4, 0.5) is 4.79 Å². The van der Waals surface area contributed by atoms with E-state index >= 15 is 0 Å². The minimum absolute atomic E-state index is 0.612. The molecule has 0 saturated carbocycles. The number of carboxylic acid groups (broad SMARTS) is 1. The molecule has 66 valence electrons. The summed E-state index contributed by atoms with van der Waals surface area (Å²) in [7, 11) is 0. The van der Waals surface area contributed by atoms with Crippen LogP contribution in [0.1, 0.15) is 5.56 Å². The zero-order valence-corrected chi connectivity index (χ0v) is 7.72. The van der Waals surface area contributed by atoms with Crippen molar-refractivity contribution in [1.82, 2.24) is 0 Å². The summed E-state index contributed by atoms with van der Waals surface area (Å²) in [4.78, 5) is 8.77. The lowest BCUT2D eigenvalue weighted by atomic mass is 10.2. The molecule has 12 heavy (non-hydrogen) atoms. The maximum absolute atomic E-state index is 8.77. The molecule has 0 bridgehead atoms. The van der Waals surface area contributed by atoms with Crippen molar-refractivity contribution in [3.05, 3.63) is 35.9 Å². The Labute approximate surface area is 80.7 Å². The summed E-state index contributed by atoms with van der Waals surface area (Å²) in [6.07, 6.45) is 0. The molecule has 0 aliphatic rings. The first kappa shape index (κ1) is 11.3. The van der Waals surface area contributed by atoms with Gasteiger partial charge in [-0.05, 0) is 5.56 Å². The van der Waals surface area contributed by atoms with Crippen molar-refractivity contribution in [3.8, 4) is 0 Å². The van der Waals surface area contributed by atoms with E-state index in [2.05, 4.69) is 11.6 Å². The van der Waals surface area contributed by atoms with Gasteiger partial charge < -0.3 is 5.11 Å². The Balaban J connectivity index is 0.000000261. The van der Waals surface area contributed by atoms with Crippen LogP contribution >= 0.6 is 23.2 Å². The van der Waals surface area contributed by atoms with Crippen LogP contribution in [0, 0.1) is 0 Å². The van der Waals surface area contributed by atoms with Crippen molar-refractivity contribution in [2.75, 3.05) is 0 Å². The smallest absolute Gasteiger partial charge is 0.401 e. The second-order valence-electron chi connectivity index (χ2n) is 1.87. The third kappa shape index (κ3) is 7.38. The number of rotatable bonds is 1. The summed E-state index contributed by atoms with van der Waals surface area (Å²) in [6.45, 7) is 0. The minimum atomic E-state index is -1.36. The van der Waals surface area contributed by atoms with E-state index in [0.29, 0.717) is 5.88 Å². The highest BCUT2D eigenvalue weighted by atomic mass is 35.5. The molecule has 1 aromatic rings. The van der Waals surface area contributed by atoms with E-state index in [1.165, 1.54) is 5.56 Å². The van der Waals surface area contributed by atoms with Crippen LogP contribution in [0.25, 0.3) is 0 Å². The molecule has 0 aliphatic heterocycles. The molecule has 0 aromatic heterocycles. The summed E-state index contributed by atoms with van der Waals surface area (Å²) in [5, 5.41) is 7.18. The Morgan fingerprint density at radius 2 is 1.75 bits per heavy atom. The standard InChI is InChI=1S/C7H7Cl.CHClO2/c8-6-7-4-2-1-3-5-7;2-1(3)4/h1-5H,6H2;(H,3,4). The molecule has 4 heteroatoms. The van der Waals surface area contributed by atoms with Crippen LogP contribution in [-0.4, -0.2) is 10.5 Å². The predicted octanol–water partition coefficient (Wildman–Crippen LogP) is 3.33. The largest absolute Gasteiger partial charge is 0.469 e. The van der Waals surface area contributed by atoms with Gasteiger partial charge in [-0.15, -0.1) is 11.6 Å². The lowest BCUT2D eigenvalue weighted by Crippen LogP contribution is -1.71. The second kappa shape index (κ2) is 6.95. The Bertz CT molecular complexity index is 220. The lowest BCUT2D eigenvalue weighted by molar-refractivity contribution is 0.220. The van der Waals surface area contributed by atoms with E-state index < -0.39 is 5.43 Å². The molecule has 1 rings (SSSR count). The van der Waals surface area contributed by atoms with Crippen LogP contribution in [0.15, 0.2) is 30.3 Å². The topological polar surface area (TPSA) is 37.3 Å². The van der Waals surface area contributed by atoms with E-state index in [4.69, 9.17) is 21.5 Å². The molecule has 0 radical (unpaired) electrons. The van der Waals surface area contributed by atoms with Gasteiger partial charge in [-0.25, -0.2) is 4.79 Å². The van der Waals surface area contributed by atoms with Gasteiger partial charge in [0.25, 0.3) is 0 Å². The SMILES string of the molecule is ClCc1ccccc1.O=C(O)Cl. The van der Waals surface area contributed by atoms with E-state index in [1.807, 2.05) is 30.3 Å². The van der Waals surface area contributed by atoms with Gasteiger partial charge in [0.05, 0.1) is 0 Å². The first-order valence-corrected chi connectivity index (χ1v) is 4.06. The fourth-order valence-corrected chi connectivity index (χ4v) is 0.745. The maximum atomic E-state index is 8.77. The van der Waals surface area contributed by atoms with Gasteiger partial charge in [0.2, 0.25) is 0 Å². The maximum Gasteiger partial charge on any atom is 0.401 e. The summed E-state index contributed by atoms with van der Waals surface area (Å²) < 4.78 is 0. The van der Waals surface area contributed by atoms with E-state index in [-0.39, 0.29) is 0 Å². The number of benzene rings is 1. The van der Waals surface area contributed by atoms with Gasteiger partial charge in [-0.2, -0.15) is 0 Å². The molecule has 0 spiro atoms. The van der Waals surface area contributed by atoms with E-state index in [9.17, 15) is 0 Å². The number of halogens is 2. The molecular weight excluding hydrogens is 199 g/mol. The van der Waals surface area contributed by atoms with Gasteiger partial charge >= 0.3 is 5.43 Å². The Morgan fingerprint density at radius 3 is 2.00 bits per heavy atom. The van der Waals surface area contributed by atoms with Gasteiger partial charge in [-0.3, -0.25) is 0 Å². The molecule has 0 amide bonds. The molecular formula is C8H8Cl2O2. The first-order chi connectivity index (χ1) is 5.66. The van der Waals surface area contributed by atoms with Crippen LogP contribution in [0.5, 0.6) is 0 Å². The zero-order chi connectivity index (χ0) is 9.40. The summed E-state index contributed by atoms with van der Waals surface area (Å²) in [6, 6.07) is 9.96. The van der Waals surface area contributed by atoms with E-state index in [1.54, 1.807) is 0 Å². The first-order valence-electron chi connectivity index (χ1n) is 3.15. The predicted molar refractivity (Wildman–Crippen MR) is 49.9 cm³/mol. The molecule has 0 fully saturated rings. The lowest BCUT2D eigenvalue weighted by Gasteiger charge is -1.88. The van der Waals surface area contributed by atoms with E-state index in [0.717, 1.165) is 0 Å². The highest BCUT2D eigenvalue weighted by Crippen LogP contribution is 2.00. The van der Waals surface area contributed by atoms with Crippen molar-refractivity contribution in [2.45, 2.75) is 5.88 Å². The van der Waals surface area contributed by atoms with Gasteiger partial charge in [0.1, 0.15) is 0 Å². The van der Waals surface area contributed by atoms with Crippen LogP contribution in [0.2, 0.25) is 0 Å². The number of carbonyl (C=O) groups is 1. The van der Waals surface area contributed by atoms with Crippen molar-refractivity contribution in [3.63, 3.8) is 0 Å². The molecule has 0 unspecified atom stereocenters.